The maximum atomic E-state index is 12.7. The lowest BCUT2D eigenvalue weighted by molar-refractivity contribution is -0.122. The van der Waals surface area contributed by atoms with Crippen LogP contribution >= 0.6 is 0 Å². The quantitative estimate of drug-likeness (QED) is 0.370. The van der Waals surface area contributed by atoms with Gasteiger partial charge in [0.05, 0.1) is 16.5 Å². The van der Waals surface area contributed by atoms with Crippen LogP contribution in [0.1, 0.15) is 35.3 Å². The van der Waals surface area contributed by atoms with Gasteiger partial charge < -0.3 is 20.1 Å². The maximum Gasteiger partial charge on any atom is 0.407 e. The van der Waals surface area contributed by atoms with Gasteiger partial charge in [-0.15, -0.1) is 0 Å². The molecule has 0 saturated heterocycles. The highest BCUT2D eigenvalue weighted by Gasteiger charge is 2.43. The fraction of sp³-hybridized carbons (Fsp3) is 0.200. The number of carboxylic acid groups (broad SMARTS) is 1. The Bertz CT molecular complexity index is 1450. The number of para-hydroxylation sites is 1. The Morgan fingerprint density at radius 2 is 1.71 bits per heavy atom. The first-order valence-corrected chi connectivity index (χ1v) is 12.2. The van der Waals surface area contributed by atoms with E-state index in [1.807, 2.05) is 74.5 Å². The second kappa shape index (κ2) is 11.6. The van der Waals surface area contributed by atoms with Crippen LogP contribution in [0.15, 0.2) is 91.1 Å². The summed E-state index contributed by atoms with van der Waals surface area (Å²) in [6, 6.07) is 25.8. The first-order valence-electron chi connectivity index (χ1n) is 12.2. The van der Waals surface area contributed by atoms with E-state index < -0.39 is 17.5 Å². The number of aromatic carboxylic acids is 1. The van der Waals surface area contributed by atoms with E-state index in [9.17, 15) is 14.4 Å². The van der Waals surface area contributed by atoms with Gasteiger partial charge in [-0.3, -0.25) is 9.78 Å². The van der Waals surface area contributed by atoms with E-state index >= 15 is 0 Å². The number of pyridine rings is 1. The molecule has 0 unspecified atom stereocenters. The summed E-state index contributed by atoms with van der Waals surface area (Å²) in [4.78, 5) is 40.9. The molecule has 0 atom stereocenters. The third-order valence-electron chi connectivity index (χ3n) is 6.32. The van der Waals surface area contributed by atoms with Gasteiger partial charge >= 0.3 is 12.1 Å². The van der Waals surface area contributed by atoms with Gasteiger partial charge in [0.15, 0.2) is 0 Å². The molecule has 8 heteroatoms. The molecule has 38 heavy (non-hydrogen) atoms. The summed E-state index contributed by atoms with van der Waals surface area (Å²) in [5, 5.41) is 12.3. The molecule has 0 aliphatic carbocycles. The summed E-state index contributed by atoms with van der Waals surface area (Å²) in [5.74, 6) is -0.862. The van der Waals surface area contributed by atoms with Crippen molar-refractivity contribution >= 4 is 34.6 Å². The molecule has 0 spiro atoms. The Kier molecular flexibility index (Phi) is 8.01. The number of aromatic nitrogens is 1. The summed E-state index contributed by atoms with van der Waals surface area (Å²) in [6.07, 6.45) is 1.20. The van der Waals surface area contributed by atoms with E-state index in [-0.39, 0.29) is 12.5 Å². The number of nitrogens with one attached hydrogen (secondary N) is 1. The Labute approximate surface area is 220 Å². The second-order valence-corrected chi connectivity index (χ2v) is 9.30. The van der Waals surface area contributed by atoms with Crippen molar-refractivity contribution in [3.63, 3.8) is 0 Å². The molecule has 0 bridgehead atoms. The summed E-state index contributed by atoms with van der Waals surface area (Å²) in [5.41, 5.74) is 3.43. The number of hydrogen-bond donors (Lipinski definition) is 2. The van der Waals surface area contributed by atoms with E-state index in [0.29, 0.717) is 18.7 Å². The zero-order valence-corrected chi connectivity index (χ0v) is 21.3. The van der Waals surface area contributed by atoms with Crippen LogP contribution in [-0.4, -0.2) is 41.1 Å². The molecular formula is C30H29N3O5. The highest BCUT2D eigenvalue weighted by atomic mass is 16.5. The summed E-state index contributed by atoms with van der Waals surface area (Å²) in [6.45, 7) is 4.83. The van der Waals surface area contributed by atoms with Crippen LogP contribution in [0.4, 0.5) is 10.5 Å². The Balaban J connectivity index is 0.000000216. The average Bonchev–Trinajstić information content (AvgIpc) is 3.13. The van der Waals surface area contributed by atoms with Crippen LogP contribution < -0.4 is 10.2 Å². The molecule has 0 fully saturated rings. The molecule has 1 aliphatic heterocycles. The van der Waals surface area contributed by atoms with E-state index in [4.69, 9.17) is 9.84 Å². The third kappa shape index (κ3) is 5.98. The minimum Gasteiger partial charge on any atom is -0.478 e. The lowest BCUT2D eigenvalue weighted by Crippen LogP contribution is -2.41. The summed E-state index contributed by atoms with van der Waals surface area (Å²) < 4.78 is 5.18. The van der Waals surface area contributed by atoms with Gasteiger partial charge in [0, 0.05) is 30.4 Å². The number of anilines is 1. The first kappa shape index (κ1) is 26.3. The van der Waals surface area contributed by atoms with Gasteiger partial charge in [-0.25, -0.2) is 9.59 Å². The molecule has 2 heterocycles. The van der Waals surface area contributed by atoms with E-state index in [2.05, 4.69) is 10.3 Å². The second-order valence-electron chi connectivity index (χ2n) is 9.30. The van der Waals surface area contributed by atoms with E-state index in [1.54, 1.807) is 35.4 Å². The van der Waals surface area contributed by atoms with Crippen molar-refractivity contribution < 1.29 is 24.2 Å². The topological polar surface area (TPSA) is 109 Å². The predicted molar refractivity (Wildman–Crippen MR) is 145 cm³/mol. The summed E-state index contributed by atoms with van der Waals surface area (Å²) >= 11 is 0. The smallest absolute Gasteiger partial charge is 0.407 e. The van der Waals surface area contributed by atoms with Gasteiger partial charge in [0.2, 0.25) is 5.91 Å². The molecule has 0 radical (unpaired) electrons. The van der Waals surface area contributed by atoms with Crippen molar-refractivity contribution in [3.05, 3.63) is 108 Å². The number of carboxylic acids is 1. The lowest BCUT2D eigenvalue weighted by Gasteiger charge is -2.20. The van der Waals surface area contributed by atoms with Crippen LogP contribution in [0.2, 0.25) is 0 Å². The number of carbonyl (C=O) groups is 3. The van der Waals surface area contributed by atoms with E-state index in [1.165, 1.54) is 0 Å². The van der Waals surface area contributed by atoms with Crippen LogP contribution in [0.5, 0.6) is 0 Å². The third-order valence-corrected chi connectivity index (χ3v) is 6.32. The van der Waals surface area contributed by atoms with E-state index in [0.717, 1.165) is 27.7 Å². The molecule has 2 N–H and O–H groups in total. The monoisotopic (exact) mass is 511 g/mol. The van der Waals surface area contributed by atoms with Crippen molar-refractivity contribution in [1.29, 1.82) is 0 Å². The normalized spacial score (nSPS) is 13.3. The van der Waals surface area contributed by atoms with Crippen molar-refractivity contribution in [2.75, 3.05) is 18.0 Å². The van der Waals surface area contributed by atoms with Crippen molar-refractivity contribution in [3.8, 4) is 0 Å². The minimum absolute atomic E-state index is 0.0492. The number of benzene rings is 3. The Hall–Kier alpha value is -4.72. The van der Waals surface area contributed by atoms with Gasteiger partial charge in [-0.05, 0) is 55.3 Å². The molecule has 5 rings (SSSR count). The summed E-state index contributed by atoms with van der Waals surface area (Å²) in [7, 11) is 0. The zero-order chi connectivity index (χ0) is 27.1. The molecule has 3 aromatic carbocycles. The molecule has 194 valence electrons. The molecular weight excluding hydrogens is 482 g/mol. The highest BCUT2D eigenvalue weighted by Crippen LogP contribution is 2.40. The number of rotatable bonds is 6. The van der Waals surface area contributed by atoms with Crippen molar-refractivity contribution in [2.24, 2.45) is 0 Å². The fourth-order valence-electron chi connectivity index (χ4n) is 4.27. The largest absolute Gasteiger partial charge is 0.478 e. The van der Waals surface area contributed by atoms with Crippen molar-refractivity contribution in [2.45, 2.75) is 25.9 Å². The van der Waals surface area contributed by atoms with Gasteiger partial charge in [-0.1, -0.05) is 54.6 Å². The molecule has 4 aromatic rings. The Morgan fingerprint density at radius 1 is 0.974 bits per heavy atom. The molecule has 1 aliphatic rings. The number of nitrogens with zero attached hydrogens (tertiary/aromatic N) is 2. The van der Waals surface area contributed by atoms with Crippen LogP contribution in [0, 0.1) is 0 Å². The Morgan fingerprint density at radius 3 is 2.47 bits per heavy atom. The van der Waals surface area contributed by atoms with Gasteiger partial charge in [0.25, 0.3) is 0 Å². The molecule has 1 aromatic heterocycles. The van der Waals surface area contributed by atoms with Crippen LogP contribution in [0.3, 0.4) is 0 Å². The number of ether oxygens (including phenoxy) is 1. The number of amides is 2. The predicted octanol–water partition coefficient (Wildman–Crippen LogP) is 5.17. The van der Waals surface area contributed by atoms with Crippen LogP contribution in [-0.2, 0) is 21.6 Å². The standard InChI is InChI=1S/C20H22N2O3.C10H7NO2/c1-20(2)16-10-6-7-11-17(16)22(18(20)23)13-12-21-19(24)25-14-15-8-4-3-5-9-15;12-10(13)8-3-4-9-7(6-8)2-1-5-11-9/h3-11H,12-14H2,1-2H3,(H,21,24);1-6H,(H,12,13). The first-order chi connectivity index (χ1) is 18.3. The lowest BCUT2D eigenvalue weighted by atomic mass is 9.86. The number of fused-ring (bicyclic) bond motifs is 2. The fourth-order valence-corrected chi connectivity index (χ4v) is 4.27. The maximum absolute atomic E-state index is 12.7. The van der Waals surface area contributed by atoms with Gasteiger partial charge in [-0.2, -0.15) is 0 Å². The molecule has 8 nitrogen and oxygen atoms in total. The number of hydrogen-bond acceptors (Lipinski definition) is 5. The average molecular weight is 512 g/mol. The molecule has 0 saturated carbocycles. The van der Waals surface area contributed by atoms with Crippen molar-refractivity contribution in [1.82, 2.24) is 10.3 Å². The highest BCUT2D eigenvalue weighted by molar-refractivity contribution is 6.07. The number of carbonyl (C=O) groups excluding carboxylic acids is 2. The number of alkyl carbamates (subject to hydrolysis) is 1. The van der Waals surface area contributed by atoms with Crippen LogP contribution in [0.25, 0.3) is 10.9 Å². The molecule has 2 amide bonds. The zero-order valence-electron chi connectivity index (χ0n) is 21.3. The van der Waals surface area contributed by atoms with Gasteiger partial charge in [0.1, 0.15) is 6.61 Å². The minimum atomic E-state index is -0.911. The SMILES string of the molecule is CC1(C)C(=O)N(CCNC(=O)OCc2ccccc2)c2ccccc21.O=C(O)c1ccc2ncccc2c1.